The Kier molecular flexibility index (Phi) is 10.5. The van der Waals surface area contributed by atoms with Crippen LogP contribution >= 0.6 is 0 Å². The molecule has 1 aromatic carbocycles. The lowest BCUT2D eigenvalue weighted by atomic mass is 9.98. The topological polar surface area (TPSA) is 228 Å². The Morgan fingerprint density at radius 3 is 2.22 bits per heavy atom. The number of rotatable bonds is 11. The van der Waals surface area contributed by atoms with E-state index >= 15 is 0 Å². The second-order valence-corrected chi connectivity index (χ2v) is 8.52. The summed E-state index contributed by atoms with van der Waals surface area (Å²) in [6.45, 7) is -0.749. The maximum absolute atomic E-state index is 12.5. The van der Waals surface area contributed by atoms with Crippen LogP contribution in [0.5, 0.6) is 0 Å². The molecular weight excluding hydrogens is 486 g/mol. The number of aliphatic hydroxyl groups excluding tert-OH is 8. The average molecular weight is 520 g/mol. The van der Waals surface area contributed by atoms with Crippen LogP contribution in [0.4, 0.5) is 0 Å². The SMILES string of the molecule is O=C(NCc1ccc(C2OCCO2)cc1)[C@H](O)[C@@H](O)[C@H](O[C@@H]1O[C@H](CO)[C@H](O)[C@H](O)[C@H]1O)[C@H](O)CO. The molecule has 0 saturated carbocycles. The lowest BCUT2D eigenvalue weighted by Gasteiger charge is -2.42. The second kappa shape index (κ2) is 13.1. The van der Waals surface area contributed by atoms with E-state index < -0.39 is 80.5 Å². The van der Waals surface area contributed by atoms with Crippen LogP contribution in [-0.2, 0) is 30.3 Å². The minimum atomic E-state index is -2.14. The summed E-state index contributed by atoms with van der Waals surface area (Å²) in [5, 5.41) is 81.9. The van der Waals surface area contributed by atoms with Crippen molar-refractivity contribution in [3.8, 4) is 0 Å². The van der Waals surface area contributed by atoms with Gasteiger partial charge in [0.15, 0.2) is 18.7 Å². The zero-order valence-electron chi connectivity index (χ0n) is 19.2. The Bertz CT molecular complexity index is 819. The van der Waals surface area contributed by atoms with E-state index in [1.165, 1.54) is 0 Å². The van der Waals surface area contributed by atoms with Gasteiger partial charge in [0.1, 0.15) is 42.7 Å². The molecule has 1 aromatic rings. The summed E-state index contributed by atoms with van der Waals surface area (Å²) in [6.07, 6.45) is -16.9. The van der Waals surface area contributed by atoms with Gasteiger partial charge >= 0.3 is 0 Å². The van der Waals surface area contributed by atoms with Crippen LogP contribution in [0.3, 0.4) is 0 Å². The van der Waals surface area contributed by atoms with Crippen LogP contribution in [-0.4, -0.2) is 128 Å². The highest BCUT2D eigenvalue weighted by Crippen LogP contribution is 2.25. The van der Waals surface area contributed by atoms with Gasteiger partial charge in [0.25, 0.3) is 5.91 Å². The van der Waals surface area contributed by atoms with Crippen LogP contribution in [0.1, 0.15) is 17.4 Å². The fourth-order valence-electron chi connectivity index (χ4n) is 3.81. The molecule has 1 amide bonds. The van der Waals surface area contributed by atoms with E-state index in [1.807, 2.05) is 0 Å². The molecule has 0 unspecified atom stereocenters. The molecule has 204 valence electrons. The molecule has 2 aliphatic rings. The quantitative estimate of drug-likeness (QED) is 0.135. The number of carbonyl (C=O) groups excluding carboxylic acids is 1. The van der Waals surface area contributed by atoms with Crippen molar-refractivity contribution in [2.45, 2.75) is 68.0 Å². The second-order valence-electron chi connectivity index (χ2n) is 8.52. The fourth-order valence-corrected chi connectivity index (χ4v) is 3.81. The third kappa shape index (κ3) is 6.74. The van der Waals surface area contributed by atoms with Gasteiger partial charge in [0.2, 0.25) is 0 Å². The van der Waals surface area contributed by atoms with Gasteiger partial charge in [-0.25, -0.2) is 0 Å². The highest BCUT2D eigenvalue weighted by Gasteiger charge is 2.47. The molecule has 9 atom stereocenters. The van der Waals surface area contributed by atoms with Crippen molar-refractivity contribution in [2.24, 2.45) is 0 Å². The maximum Gasteiger partial charge on any atom is 0.251 e. The van der Waals surface area contributed by atoms with Crippen LogP contribution in [0.2, 0.25) is 0 Å². The number of nitrogens with one attached hydrogen (secondary N) is 1. The standard InChI is InChI=1S/C22H33NO13/c24-8-12(26)19(36-22-18(31)15(28)14(27)13(9-25)35-22)16(29)17(30)20(32)23-7-10-1-3-11(4-2-10)21-33-5-6-34-21/h1-4,12-19,21-22,24-31H,5-9H2,(H,23,32)/t12-,13-,14+,15+,16-,17-,18-,19-,22+/m1/s1. The minimum Gasteiger partial charge on any atom is -0.394 e. The highest BCUT2D eigenvalue weighted by atomic mass is 16.7. The number of hydrogen-bond acceptors (Lipinski definition) is 13. The van der Waals surface area contributed by atoms with Gasteiger partial charge in [-0.05, 0) is 5.56 Å². The van der Waals surface area contributed by atoms with Crippen LogP contribution in [0.25, 0.3) is 0 Å². The summed E-state index contributed by atoms with van der Waals surface area (Å²) in [6, 6.07) is 6.93. The lowest BCUT2D eigenvalue weighted by molar-refractivity contribution is -0.326. The van der Waals surface area contributed by atoms with Crippen molar-refractivity contribution in [3.05, 3.63) is 35.4 Å². The molecule has 36 heavy (non-hydrogen) atoms. The van der Waals surface area contributed by atoms with E-state index in [0.717, 1.165) is 5.56 Å². The summed E-state index contributed by atoms with van der Waals surface area (Å²) in [4.78, 5) is 12.5. The van der Waals surface area contributed by atoms with Gasteiger partial charge in [-0.15, -0.1) is 0 Å². The number of aliphatic hydroxyl groups is 8. The third-order valence-corrected chi connectivity index (χ3v) is 5.98. The first-order chi connectivity index (χ1) is 17.2. The summed E-state index contributed by atoms with van der Waals surface area (Å²) in [5.41, 5.74) is 1.46. The molecule has 0 bridgehead atoms. The summed E-state index contributed by atoms with van der Waals surface area (Å²) < 4.78 is 21.3. The smallest absolute Gasteiger partial charge is 0.251 e. The molecule has 0 aromatic heterocycles. The van der Waals surface area contributed by atoms with Crippen molar-refractivity contribution in [2.75, 3.05) is 26.4 Å². The van der Waals surface area contributed by atoms with Crippen molar-refractivity contribution < 1.29 is 64.6 Å². The van der Waals surface area contributed by atoms with Crippen molar-refractivity contribution in [1.82, 2.24) is 5.32 Å². The predicted octanol–water partition coefficient (Wildman–Crippen LogP) is -4.39. The molecule has 9 N–H and O–H groups in total. The molecular formula is C22H33NO13. The highest BCUT2D eigenvalue weighted by molar-refractivity contribution is 5.81. The Hall–Kier alpha value is -1.79. The Labute approximate surface area is 206 Å². The van der Waals surface area contributed by atoms with Crippen molar-refractivity contribution >= 4 is 5.91 Å². The molecule has 14 nitrogen and oxygen atoms in total. The first kappa shape index (κ1) is 28.8. The van der Waals surface area contributed by atoms with Crippen LogP contribution in [0, 0.1) is 0 Å². The zero-order chi connectivity index (χ0) is 26.4. The van der Waals surface area contributed by atoms with Crippen LogP contribution < -0.4 is 5.32 Å². The molecule has 2 aliphatic heterocycles. The fraction of sp³-hybridized carbons (Fsp3) is 0.682. The zero-order valence-corrected chi connectivity index (χ0v) is 19.2. The lowest BCUT2D eigenvalue weighted by Crippen LogP contribution is -2.62. The van der Waals surface area contributed by atoms with E-state index in [9.17, 15) is 45.6 Å². The monoisotopic (exact) mass is 519 g/mol. The number of amides is 1. The summed E-state index contributed by atoms with van der Waals surface area (Å²) >= 11 is 0. The molecule has 3 rings (SSSR count). The predicted molar refractivity (Wildman–Crippen MR) is 117 cm³/mol. The number of benzene rings is 1. The number of carbonyl (C=O) groups is 1. The Balaban J connectivity index is 1.60. The average Bonchev–Trinajstić information content (AvgIpc) is 3.44. The third-order valence-electron chi connectivity index (χ3n) is 5.98. The van der Waals surface area contributed by atoms with Gasteiger partial charge in [0.05, 0.1) is 26.4 Å². The van der Waals surface area contributed by atoms with Crippen LogP contribution in [0.15, 0.2) is 24.3 Å². The van der Waals surface area contributed by atoms with E-state index in [-0.39, 0.29) is 6.54 Å². The first-order valence-electron chi connectivity index (χ1n) is 11.4. The number of ether oxygens (including phenoxy) is 4. The largest absolute Gasteiger partial charge is 0.394 e. The molecule has 2 heterocycles. The van der Waals surface area contributed by atoms with Crippen molar-refractivity contribution in [3.63, 3.8) is 0 Å². The molecule has 2 fully saturated rings. The van der Waals surface area contributed by atoms with Gasteiger partial charge < -0.3 is 65.1 Å². The molecule has 0 aliphatic carbocycles. The first-order valence-corrected chi connectivity index (χ1v) is 11.4. The summed E-state index contributed by atoms with van der Waals surface area (Å²) in [7, 11) is 0. The van der Waals surface area contributed by atoms with E-state index in [4.69, 9.17) is 18.9 Å². The van der Waals surface area contributed by atoms with Gasteiger partial charge in [0, 0.05) is 12.1 Å². The van der Waals surface area contributed by atoms with Crippen molar-refractivity contribution in [1.29, 1.82) is 0 Å². The van der Waals surface area contributed by atoms with Gasteiger partial charge in [-0.1, -0.05) is 24.3 Å². The van der Waals surface area contributed by atoms with Gasteiger partial charge in [-0.2, -0.15) is 0 Å². The van der Waals surface area contributed by atoms with E-state index in [1.54, 1.807) is 24.3 Å². The Morgan fingerprint density at radius 1 is 1.00 bits per heavy atom. The molecule has 0 radical (unpaired) electrons. The normalized spacial score (nSPS) is 30.5. The minimum absolute atomic E-state index is 0.0178. The van der Waals surface area contributed by atoms with E-state index in [0.29, 0.717) is 18.8 Å². The number of hydrogen-bond donors (Lipinski definition) is 9. The molecule has 2 saturated heterocycles. The Morgan fingerprint density at radius 2 is 1.64 bits per heavy atom. The van der Waals surface area contributed by atoms with Gasteiger partial charge in [-0.3, -0.25) is 4.79 Å². The molecule has 14 heteroatoms. The summed E-state index contributed by atoms with van der Waals surface area (Å²) in [5.74, 6) is -1.03. The van der Waals surface area contributed by atoms with E-state index in [2.05, 4.69) is 5.32 Å². The maximum atomic E-state index is 12.5. The molecule has 0 spiro atoms.